The Morgan fingerprint density at radius 2 is 1.73 bits per heavy atom. The van der Waals surface area contributed by atoms with Gasteiger partial charge in [0, 0.05) is 24.2 Å². The van der Waals surface area contributed by atoms with Crippen molar-refractivity contribution in [2.24, 2.45) is 27.6 Å². The molecule has 0 saturated heterocycles. The number of amides is 2. The zero-order valence-electron chi connectivity index (χ0n) is 15.8. The van der Waals surface area contributed by atoms with Crippen molar-refractivity contribution in [3.63, 3.8) is 0 Å². The van der Waals surface area contributed by atoms with Gasteiger partial charge in [-0.1, -0.05) is 0 Å². The third kappa shape index (κ3) is 5.77. The van der Waals surface area contributed by atoms with Crippen LogP contribution in [0, 0.1) is 11.8 Å². The fourth-order valence-electron chi connectivity index (χ4n) is 4.53. The first-order chi connectivity index (χ1) is 12.5. The summed E-state index contributed by atoms with van der Waals surface area (Å²) < 4.78 is 0. The van der Waals surface area contributed by atoms with Crippen LogP contribution in [-0.4, -0.2) is 41.1 Å². The van der Waals surface area contributed by atoms with Gasteiger partial charge in [-0.15, -0.1) is 0 Å². The van der Waals surface area contributed by atoms with E-state index in [4.69, 9.17) is 5.73 Å². The molecule has 26 heavy (non-hydrogen) atoms. The van der Waals surface area contributed by atoms with Crippen molar-refractivity contribution in [1.82, 2.24) is 10.6 Å². The van der Waals surface area contributed by atoms with Crippen molar-refractivity contribution in [2.45, 2.75) is 89.4 Å². The largest absolute Gasteiger partial charge is 0.371 e. The second-order valence-electron chi connectivity index (χ2n) is 8.32. The summed E-state index contributed by atoms with van der Waals surface area (Å²) in [5.74, 6) is 1.84. The summed E-state index contributed by atoms with van der Waals surface area (Å²) in [5.41, 5.74) is 6.77. The minimum Gasteiger partial charge on any atom is -0.371 e. The summed E-state index contributed by atoms with van der Waals surface area (Å²) in [6.07, 6.45) is 10.3. The Kier molecular flexibility index (Phi) is 6.64. The summed E-state index contributed by atoms with van der Waals surface area (Å²) in [6.45, 7) is 1.82. The Hall–Kier alpha value is -1.47. The number of guanidine groups is 1. The van der Waals surface area contributed by atoms with Gasteiger partial charge in [0.15, 0.2) is 6.23 Å². The summed E-state index contributed by atoms with van der Waals surface area (Å²) >= 11 is 0. The van der Waals surface area contributed by atoms with Crippen LogP contribution in [-0.2, 0) is 0 Å². The second kappa shape index (κ2) is 8.95. The smallest absolute Gasteiger partial charge is 0.321 e. The quantitative estimate of drug-likeness (QED) is 0.617. The third-order valence-electron chi connectivity index (χ3n) is 6.01. The zero-order valence-corrected chi connectivity index (χ0v) is 15.8. The van der Waals surface area contributed by atoms with Gasteiger partial charge in [-0.3, -0.25) is 5.32 Å². The number of aliphatic hydroxyl groups excluding tert-OH is 1. The average molecular weight is 364 g/mol. The summed E-state index contributed by atoms with van der Waals surface area (Å²) in [7, 11) is 0. The summed E-state index contributed by atoms with van der Waals surface area (Å²) in [5, 5.41) is 15.3. The lowest BCUT2D eigenvalue weighted by atomic mass is 9.76. The van der Waals surface area contributed by atoms with Crippen LogP contribution >= 0.6 is 0 Å². The molecule has 2 saturated carbocycles. The molecule has 0 aromatic heterocycles. The number of rotatable bonds is 3. The highest BCUT2D eigenvalue weighted by molar-refractivity contribution is 6.04. The summed E-state index contributed by atoms with van der Waals surface area (Å²) in [4.78, 5) is 20.3. The molecule has 1 atom stereocenters. The van der Waals surface area contributed by atoms with Crippen molar-refractivity contribution in [2.75, 3.05) is 0 Å². The van der Waals surface area contributed by atoms with Gasteiger partial charge in [0.25, 0.3) is 0 Å². The van der Waals surface area contributed by atoms with Crippen molar-refractivity contribution in [3.05, 3.63) is 0 Å². The topological polar surface area (TPSA) is 112 Å². The molecule has 0 bridgehead atoms. The maximum atomic E-state index is 12.2. The standard InChI is InChI=1S/C19H33N5O2/c1-12-10-17(25)23-18(21-12)24-19(26)22-16-8-4-14(5-9-16)11-13-2-6-15(20)7-3-13/h13-17,25H,2-11,20H2,1H3,(H2,22,23,24,26). The highest BCUT2D eigenvalue weighted by Crippen LogP contribution is 2.35. The number of aliphatic hydroxyl groups is 1. The Balaban J connectivity index is 1.36. The van der Waals surface area contributed by atoms with Crippen LogP contribution in [0.2, 0.25) is 0 Å². The van der Waals surface area contributed by atoms with Gasteiger partial charge in [0.2, 0.25) is 5.96 Å². The molecule has 3 aliphatic rings. The molecule has 0 aromatic carbocycles. The van der Waals surface area contributed by atoms with Crippen molar-refractivity contribution < 1.29 is 9.90 Å². The lowest BCUT2D eigenvalue weighted by molar-refractivity contribution is 0.190. The molecule has 0 spiro atoms. The van der Waals surface area contributed by atoms with Crippen LogP contribution in [0.25, 0.3) is 0 Å². The molecule has 5 N–H and O–H groups in total. The number of urea groups is 1. The molecule has 3 rings (SSSR count). The number of carbonyl (C=O) groups is 1. The van der Waals surface area contributed by atoms with Crippen LogP contribution in [0.3, 0.4) is 0 Å². The van der Waals surface area contributed by atoms with E-state index in [1.165, 1.54) is 44.9 Å². The molecule has 2 fully saturated rings. The molecular weight excluding hydrogens is 330 g/mol. The molecule has 0 radical (unpaired) electrons. The molecule has 0 aromatic rings. The van der Waals surface area contributed by atoms with Gasteiger partial charge < -0.3 is 16.2 Å². The Morgan fingerprint density at radius 3 is 2.35 bits per heavy atom. The molecule has 146 valence electrons. The maximum Gasteiger partial charge on any atom is 0.321 e. The van der Waals surface area contributed by atoms with E-state index in [1.54, 1.807) is 0 Å². The number of hydrogen-bond acceptors (Lipinski definition) is 5. The van der Waals surface area contributed by atoms with E-state index in [1.807, 2.05) is 6.92 Å². The first kappa shape index (κ1) is 19.3. The fourth-order valence-corrected chi connectivity index (χ4v) is 4.53. The molecule has 2 amide bonds. The number of nitrogens with two attached hydrogens (primary N) is 1. The second-order valence-corrected chi connectivity index (χ2v) is 8.32. The number of nitrogens with zero attached hydrogens (tertiary/aromatic N) is 2. The van der Waals surface area contributed by atoms with Gasteiger partial charge in [-0.25, -0.2) is 14.8 Å². The zero-order chi connectivity index (χ0) is 18.5. The minimum absolute atomic E-state index is 0.197. The first-order valence-electron chi connectivity index (χ1n) is 10.1. The lowest BCUT2D eigenvalue weighted by Crippen LogP contribution is -2.46. The fraction of sp³-hybridized carbons (Fsp3) is 0.842. The third-order valence-corrected chi connectivity index (χ3v) is 6.01. The van der Waals surface area contributed by atoms with Gasteiger partial charge in [-0.2, -0.15) is 0 Å². The van der Waals surface area contributed by atoms with E-state index in [0.29, 0.717) is 12.5 Å². The van der Waals surface area contributed by atoms with Crippen molar-refractivity contribution >= 4 is 17.7 Å². The van der Waals surface area contributed by atoms with Crippen LogP contribution < -0.4 is 16.4 Å². The average Bonchev–Trinajstić information content (AvgIpc) is 2.57. The number of hydrogen-bond donors (Lipinski definition) is 4. The Bertz CT molecular complexity index is 546. The first-order valence-corrected chi connectivity index (χ1v) is 10.1. The number of aliphatic imine (C=N–C) groups is 2. The van der Waals surface area contributed by atoms with Crippen molar-refractivity contribution in [1.29, 1.82) is 0 Å². The molecule has 1 unspecified atom stereocenters. The molecular formula is C19H33N5O2. The number of nitrogens with one attached hydrogen (secondary N) is 2. The molecule has 1 heterocycles. The SMILES string of the molecule is CC1=NC(NC(=O)NC2CCC(CC3CCC(N)CC3)CC2)=NC(O)C1. The van der Waals surface area contributed by atoms with E-state index in [2.05, 4.69) is 20.6 Å². The predicted molar refractivity (Wildman–Crippen MR) is 103 cm³/mol. The normalized spacial score (nSPS) is 35.3. The van der Waals surface area contributed by atoms with Gasteiger partial charge >= 0.3 is 6.03 Å². The molecule has 1 aliphatic heterocycles. The van der Waals surface area contributed by atoms with E-state index in [-0.39, 0.29) is 18.0 Å². The van der Waals surface area contributed by atoms with Crippen LogP contribution in [0.15, 0.2) is 9.98 Å². The van der Waals surface area contributed by atoms with Gasteiger partial charge in [0.1, 0.15) is 0 Å². The predicted octanol–water partition coefficient (Wildman–Crippen LogP) is 2.29. The van der Waals surface area contributed by atoms with Crippen LogP contribution in [0.4, 0.5) is 4.79 Å². The van der Waals surface area contributed by atoms with E-state index >= 15 is 0 Å². The highest BCUT2D eigenvalue weighted by Gasteiger charge is 2.27. The maximum absolute atomic E-state index is 12.2. The lowest BCUT2D eigenvalue weighted by Gasteiger charge is -2.33. The summed E-state index contributed by atoms with van der Waals surface area (Å²) in [6, 6.07) is 0.358. The monoisotopic (exact) mass is 363 g/mol. The molecule has 7 heteroatoms. The molecule has 2 aliphatic carbocycles. The van der Waals surface area contributed by atoms with E-state index in [0.717, 1.165) is 30.4 Å². The van der Waals surface area contributed by atoms with Gasteiger partial charge in [-0.05, 0) is 76.5 Å². The number of carbonyl (C=O) groups excluding carboxylic acids is 1. The Labute approximate surface area is 155 Å². The van der Waals surface area contributed by atoms with Gasteiger partial charge in [0.05, 0.1) is 0 Å². The van der Waals surface area contributed by atoms with Crippen molar-refractivity contribution in [3.8, 4) is 0 Å². The van der Waals surface area contributed by atoms with E-state index < -0.39 is 6.23 Å². The Morgan fingerprint density at radius 1 is 1.12 bits per heavy atom. The highest BCUT2D eigenvalue weighted by atomic mass is 16.3. The van der Waals surface area contributed by atoms with E-state index in [9.17, 15) is 9.90 Å². The van der Waals surface area contributed by atoms with Crippen LogP contribution in [0.5, 0.6) is 0 Å². The molecule has 7 nitrogen and oxygen atoms in total. The minimum atomic E-state index is -0.812. The van der Waals surface area contributed by atoms with Crippen LogP contribution in [0.1, 0.15) is 71.1 Å².